The van der Waals surface area contributed by atoms with E-state index < -0.39 is 31.9 Å². The second-order valence-electron chi connectivity index (χ2n) is 4.76. The number of nitrogens with one attached hydrogen (secondary N) is 1. The Morgan fingerprint density at radius 3 is 2.36 bits per heavy atom. The molecule has 1 rings (SSSR count). The third-order valence-electron chi connectivity index (χ3n) is 2.84. The van der Waals surface area contributed by atoms with Crippen LogP contribution in [0.2, 0.25) is 0 Å². The van der Waals surface area contributed by atoms with Crippen molar-refractivity contribution in [2.24, 2.45) is 0 Å². The Kier molecular flexibility index (Phi) is 6.03. The van der Waals surface area contributed by atoms with Crippen LogP contribution in [0.25, 0.3) is 0 Å². The molecule has 1 atom stereocenters. The number of sulfonamides is 1. The Bertz CT molecular complexity index is 725. The van der Waals surface area contributed by atoms with E-state index in [-0.39, 0.29) is 16.3 Å². The molecule has 0 amide bonds. The lowest BCUT2D eigenvalue weighted by Gasteiger charge is -2.14. The molecule has 0 aliphatic heterocycles. The molecule has 0 aliphatic rings. The van der Waals surface area contributed by atoms with E-state index in [1.165, 1.54) is 0 Å². The zero-order valence-corrected chi connectivity index (χ0v) is 13.8. The summed E-state index contributed by atoms with van der Waals surface area (Å²) >= 11 is 0. The van der Waals surface area contributed by atoms with Crippen molar-refractivity contribution in [1.29, 1.82) is 0 Å². The van der Waals surface area contributed by atoms with E-state index in [0.29, 0.717) is 6.42 Å². The molecule has 1 heterocycles. The van der Waals surface area contributed by atoms with Crippen molar-refractivity contribution in [3.63, 3.8) is 0 Å². The van der Waals surface area contributed by atoms with Crippen LogP contribution in [-0.2, 0) is 24.7 Å². The van der Waals surface area contributed by atoms with Crippen LogP contribution in [0.5, 0.6) is 0 Å². The van der Waals surface area contributed by atoms with Gasteiger partial charge in [0.2, 0.25) is 10.0 Å². The highest BCUT2D eigenvalue weighted by molar-refractivity contribution is 7.90. The first-order valence-corrected chi connectivity index (χ1v) is 9.86. The number of unbranched alkanes of at least 4 members (excludes halogenated alkanes) is 1. The minimum absolute atomic E-state index is 0.167. The van der Waals surface area contributed by atoms with E-state index in [2.05, 4.69) is 9.71 Å². The van der Waals surface area contributed by atoms with Gasteiger partial charge in [0.1, 0.15) is 10.9 Å². The van der Waals surface area contributed by atoms with Crippen LogP contribution < -0.4 is 4.72 Å². The Hall–Kier alpha value is -1.52. The maximum absolute atomic E-state index is 12.1. The van der Waals surface area contributed by atoms with Gasteiger partial charge in [-0.25, -0.2) is 21.8 Å². The Morgan fingerprint density at radius 2 is 1.95 bits per heavy atom. The molecule has 8 nitrogen and oxygen atoms in total. The van der Waals surface area contributed by atoms with Crippen molar-refractivity contribution in [2.45, 2.75) is 42.1 Å². The quantitative estimate of drug-likeness (QED) is 0.694. The second-order valence-corrected chi connectivity index (χ2v) is 8.44. The first kappa shape index (κ1) is 18.5. The van der Waals surface area contributed by atoms with Gasteiger partial charge in [0, 0.05) is 12.5 Å². The molecule has 0 aliphatic carbocycles. The summed E-state index contributed by atoms with van der Waals surface area (Å²) in [5.41, 5.74) is 0. The molecule has 0 aromatic carbocycles. The monoisotopic (exact) mass is 350 g/mol. The maximum Gasteiger partial charge on any atom is 0.321 e. The molecule has 10 heteroatoms. The summed E-state index contributed by atoms with van der Waals surface area (Å²) in [5, 5.41) is 8.78. The first-order valence-electron chi connectivity index (χ1n) is 6.49. The average Bonchev–Trinajstić information content (AvgIpc) is 2.42. The maximum atomic E-state index is 12.1. The van der Waals surface area contributed by atoms with Crippen molar-refractivity contribution in [1.82, 2.24) is 9.71 Å². The van der Waals surface area contributed by atoms with E-state index >= 15 is 0 Å². The molecule has 0 bridgehead atoms. The molecule has 124 valence electrons. The van der Waals surface area contributed by atoms with Crippen molar-refractivity contribution in [3.05, 3.63) is 18.3 Å². The van der Waals surface area contributed by atoms with Gasteiger partial charge < -0.3 is 5.11 Å². The summed E-state index contributed by atoms with van der Waals surface area (Å²) in [6, 6.07) is 0.899. The largest absolute Gasteiger partial charge is 0.480 e. The van der Waals surface area contributed by atoms with Gasteiger partial charge in [0.25, 0.3) is 0 Å². The number of rotatable bonds is 8. The van der Waals surface area contributed by atoms with Crippen LogP contribution >= 0.6 is 0 Å². The number of carboxylic acid groups (broad SMARTS) is 1. The predicted molar refractivity (Wildman–Crippen MR) is 78.6 cm³/mol. The second kappa shape index (κ2) is 7.16. The molecule has 0 spiro atoms. The summed E-state index contributed by atoms with van der Waals surface area (Å²) in [6.45, 7) is 1.86. The van der Waals surface area contributed by atoms with Crippen LogP contribution in [0.3, 0.4) is 0 Å². The van der Waals surface area contributed by atoms with E-state index in [1.54, 1.807) is 0 Å². The zero-order chi connectivity index (χ0) is 17.0. The Morgan fingerprint density at radius 1 is 1.32 bits per heavy atom. The van der Waals surface area contributed by atoms with Crippen LogP contribution in [0.1, 0.15) is 26.2 Å². The highest BCUT2D eigenvalue weighted by atomic mass is 32.2. The molecule has 22 heavy (non-hydrogen) atoms. The molecular formula is C12H18N2O6S2. The van der Waals surface area contributed by atoms with Crippen molar-refractivity contribution in [3.8, 4) is 0 Å². The number of aromatic nitrogens is 1. The average molecular weight is 350 g/mol. The summed E-state index contributed by atoms with van der Waals surface area (Å²) in [7, 11) is -7.62. The smallest absolute Gasteiger partial charge is 0.321 e. The zero-order valence-electron chi connectivity index (χ0n) is 12.2. The number of sulfone groups is 1. The summed E-state index contributed by atoms with van der Waals surface area (Å²) in [6.07, 6.45) is 3.30. The van der Waals surface area contributed by atoms with Crippen LogP contribution in [0, 0.1) is 0 Å². The fourth-order valence-corrected chi connectivity index (χ4v) is 3.37. The van der Waals surface area contributed by atoms with E-state index in [9.17, 15) is 21.6 Å². The fraction of sp³-hybridized carbons (Fsp3) is 0.500. The molecular weight excluding hydrogens is 332 g/mol. The van der Waals surface area contributed by atoms with E-state index in [0.717, 1.165) is 31.0 Å². The van der Waals surface area contributed by atoms with Gasteiger partial charge >= 0.3 is 5.97 Å². The lowest BCUT2D eigenvalue weighted by atomic mass is 10.1. The van der Waals surface area contributed by atoms with Crippen LogP contribution in [-0.4, -0.2) is 45.2 Å². The van der Waals surface area contributed by atoms with Gasteiger partial charge in [-0.2, -0.15) is 4.72 Å². The Labute approximate surface area is 129 Å². The number of aliphatic carboxylic acids is 1. The van der Waals surface area contributed by atoms with Gasteiger partial charge in [0.05, 0.1) is 0 Å². The van der Waals surface area contributed by atoms with Gasteiger partial charge in [0.15, 0.2) is 14.9 Å². The standard InChI is InChI=1S/C12H18N2O6S2/c1-3-4-5-10(12(15)16)14-22(19,20)9-6-7-11(13-8-9)21(2,17)18/h6-8,10,14H,3-5H2,1-2H3,(H,15,16). The number of hydrogen-bond donors (Lipinski definition) is 2. The minimum Gasteiger partial charge on any atom is -0.480 e. The molecule has 0 saturated carbocycles. The van der Waals surface area contributed by atoms with Crippen LogP contribution in [0.15, 0.2) is 28.3 Å². The molecule has 1 aromatic rings. The molecule has 0 fully saturated rings. The van der Waals surface area contributed by atoms with Crippen LogP contribution in [0.4, 0.5) is 0 Å². The van der Waals surface area contributed by atoms with Gasteiger partial charge in [-0.05, 0) is 18.6 Å². The number of carbonyl (C=O) groups is 1. The number of hydrogen-bond acceptors (Lipinski definition) is 6. The molecule has 1 unspecified atom stereocenters. The number of carboxylic acids is 1. The lowest BCUT2D eigenvalue weighted by molar-refractivity contribution is -0.139. The summed E-state index contributed by atoms with van der Waals surface area (Å²) in [4.78, 5) is 14.4. The third kappa shape index (κ3) is 5.04. The van der Waals surface area contributed by atoms with Gasteiger partial charge in [-0.15, -0.1) is 0 Å². The topological polar surface area (TPSA) is 130 Å². The highest BCUT2D eigenvalue weighted by Gasteiger charge is 2.25. The summed E-state index contributed by atoms with van der Waals surface area (Å²) in [5.74, 6) is -1.27. The Balaban J connectivity index is 3.00. The molecule has 0 radical (unpaired) electrons. The fourth-order valence-electron chi connectivity index (χ4n) is 1.64. The number of nitrogens with zero attached hydrogens (tertiary/aromatic N) is 1. The van der Waals surface area contributed by atoms with Gasteiger partial charge in [-0.3, -0.25) is 4.79 Å². The summed E-state index contributed by atoms with van der Waals surface area (Å²) < 4.78 is 48.8. The van der Waals surface area contributed by atoms with Crippen molar-refractivity contribution in [2.75, 3.05) is 6.26 Å². The normalized spacial score (nSPS) is 13.7. The molecule has 0 saturated heterocycles. The van der Waals surface area contributed by atoms with E-state index in [1.807, 2.05) is 6.92 Å². The first-order chi connectivity index (χ1) is 10.1. The molecule has 1 aromatic heterocycles. The van der Waals surface area contributed by atoms with Crippen molar-refractivity contribution >= 4 is 25.8 Å². The van der Waals surface area contributed by atoms with Gasteiger partial charge in [-0.1, -0.05) is 19.8 Å². The SMILES string of the molecule is CCCCC(NS(=O)(=O)c1ccc(S(C)(=O)=O)nc1)C(=O)O. The van der Waals surface area contributed by atoms with Crippen molar-refractivity contribution < 1.29 is 26.7 Å². The minimum atomic E-state index is -4.09. The van der Waals surface area contributed by atoms with E-state index in [4.69, 9.17) is 5.11 Å². The number of pyridine rings is 1. The predicted octanol–water partition coefficient (Wildman–Crippen LogP) is 0.407. The third-order valence-corrected chi connectivity index (χ3v) is 5.30. The molecule has 2 N–H and O–H groups in total. The highest BCUT2D eigenvalue weighted by Crippen LogP contribution is 2.13. The lowest BCUT2D eigenvalue weighted by Crippen LogP contribution is -2.40.